The van der Waals surface area contributed by atoms with Gasteiger partial charge in [0.15, 0.2) is 5.75 Å². The van der Waals surface area contributed by atoms with Crippen molar-refractivity contribution in [2.45, 2.75) is 38.6 Å². The largest absolute Gasteiger partial charge is 0.573 e. The molecule has 1 saturated carbocycles. The third-order valence-electron chi connectivity index (χ3n) is 3.26. The number of halogens is 3. The van der Waals surface area contributed by atoms with Crippen molar-refractivity contribution in [3.05, 3.63) is 23.8 Å². The van der Waals surface area contributed by atoms with Crippen LogP contribution in [0.3, 0.4) is 0 Å². The SMILES string of the molecule is CC(CC1CC1)NC(=O)c1ccc(OC(F)(F)F)c(N)c1. The Bertz CT molecular complexity index is 527. The van der Waals surface area contributed by atoms with Gasteiger partial charge in [-0.15, -0.1) is 13.2 Å². The summed E-state index contributed by atoms with van der Waals surface area (Å²) < 4.78 is 40.1. The predicted octanol–water partition coefficient (Wildman–Crippen LogP) is 3.09. The molecule has 1 aliphatic rings. The van der Waals surface area contributed by atoms with Crippen LogP contribution < -0.4 is 15.8 Å². The van der Waals surface area contributed by atoms with Gasteiger partial charge in [0.2, 0.25) is 0 Å². The number of benzene rings is 1. The van der Waals surface area contributed by atoms with Gasteiger partial charge >= 0.3 is 6.36 Å². The van der Waals surface area contributed by atoms with Crippen LogP contribution in [0.2, 0.25) is 0 Å². The number of anilines is 1. The number of amides is 1. The quantitative estimate of drug-likeness (QED) is 0.822. The van der Waals surface area contributed by atoms with Gasteiger partial charge in [-0.3, -0.25) is 4.79 Å². The number of alkyl halides is 3. The summed E-state index contributed by atoms with van der Waals surface area (Å²) in [7, 11) is 0. The van der Waals surface area contributed by atoms with E-state index in [1.165, 1.54) is 25.0 Å². The van der Waals surface area contributed by atoms with Gasteiger partial charge in [0.1, 0.15) is 0 Å². The molecule has 0 bridgehead atoms. The number of rotatable bonds is 5. The minimum absolute atomic E-state index is 0.0253. The second kappa shape index (κ2) is 5.83. The maximum Gasteiger partial charge on any atom is 0.573 e. The van der Waals surface area contributed by atoms with E-state index >= 15 is 0 Å². The van der Waals surface area contributed by atoms with E-state index in [9.17, 15) is 18.0 Å². The lowest BCUT2D eigenvalue weighted by atomic mass is 10.1. The Morgan fingerprint density at radius 2 is 2.14 bits per heavy atom. The van der Waals surface area contributed by atoms with Crippen LogP contribution in [0.25, 0.3) is 0 Å². The molecule has 116 valence electrons. The summed E-state index contributed by atoms with van der Waals surface area (Å²) in [6, 6.07) is 3.51. The van der Waals surface area contributed by atoms with E-state index in [0.29, 0.717) is 5.92 Å². The van der Waals surface area contributed by atoms with Crippen LogP contribution in [0.5, 0.6) is 5.75 Å². The summed E-state index contributed by atoms with van der Waals surface area (Å²) in [5.74, 6) is -0.189. The molecule has 1 unspecified atom stereocenters. The molecule has 1 aromatic rings. The van der Waals surface area contributed by atoms with Gasteiger partial charge in [0.25, 0.3) is 5.91 Å². The van der Waals surface area contributed by atoms with Crippen LogP contribution >= 0.6 is 0 Å². The maximum atomic E-state index is 12.1. The van der Waals surface area contributed by atoms with E-state index in [1.807, 2.05) is 6.92 Å². The van der Waals surface area contributed by atoms with Gasteiger partial charge in [-0.1, -0.05) is 12.8 Å². The van der Waals surface area contributed by atoms with E-state index in [2.05, 4.69) is 10.1 Å². The van der Waals surface area contributed by atoms with Crippen LogP contribution in [0.15, 0.2) is 18.2 Å². The molecule has 21 heavy (non-hydrogen) atoms. The Kier molecular flexibility index (Phi) is 4.29. The van der Waals surface area contributed by atoms with Gasteiger partial charge in [-0.2, -0.15) is 0 Å². The normalized spacial score (nSPS) is 16.4. The monoisotopic (exact) mass is 302 g/mol. The minimum Gasteiger partial charge on any atom is -0.404 e. The molecule has 0 heterocycles. The second-order valence-corrected chi connectivity index (χ2v) is 5.35. The van der Waals surface area contributed by atoms with Crippen molar-refractivity contribution in [3.8, 4) is 5.75 Å². The number of hydrogen-bond acceptors (Lipinski definition) is 3. The van der Waals surface area contributed by atoms with Crippen molar-refractivity contribution in [1.82, 2.24) is 5.32 Å². The molecule has 0 spiro atoms. The highest BCUT2D eigenvalue weighted by Crippen LogP contribution is 2.33. The summed E-state index contributed by atoms with van der Waals surface area (Å²) in [6.45, 7) is 1.90. The van der Waals surface area contributed by atoms with Gasteiger partial charge in [0.05, 0.1) is 5.69 Å². The number of carbonyl (C=O) groups excluding carboxylic acids is 1. The molecular formula is C14H17F3N2O2. The van der Waals surface area contributed by atoms with Crippen molar-refractivity contribution in [2.24, 2.45) is 5.92 Å². The third-order valence-corrected chi connectivity index (χ3v) is 3.26. The zero-order valence-electron chi connectivity index (χ0n) is 11.5. The molecule has 0 aliphatic heterocycles. The fraction of sp³-hybridized carbons (Fsp3) is 0.500. The zero-order chi connectivity index (χ0) is 15.6. The fourth-order valence-electron chi connectivity index (χ4n) is 2.13. The highest BCUT2D eigenvalue weighted by molar-refractivity contribution is 5.95. The lowest BCUT2D eigenvalue weighted by molar-refractivity contribution is -0.274. The molecule has 2 rings (SSSR count). The molecule has 1 aromatic carbocycles. The Balaban J connectivity index is 1.99. The fourth-order valence-corrected chi connectivity index (χ4v) is 2.13. The Morgan fingerprint density at radius 1 is 1.48 bits per heavy atom. The van der Waals surface area contributed by atoms with Crippen molar-refractivity contribution in [1.29, 1.82) is 0 Å². The van der Waals surface area contributed by atoms with Gasteiger partial charge in [-0.05, 0) is 37.5 Å². The van der Waals surface area contributed by atoms with E-state index in [-0.39, 0.29) is 23.2 Å². The number of ether oxygens (including phenoxy) is 1. The first-order valence-electron chi connectivity index (χ1n) is 6.71. The Hall–Kier alpha value is -1.92. The van der Waals surface area contributed by atoms with Crippen molar-refractivity contribution >= 4 is 11.6 Å². The highest BCUT2D eigenvalue weighted by atomic mass is 19.4. The Morgan fingerprint density at radius 3 is 2.67 bits per heavy atom. The number of nitrogens with two attached hydrogens (primary N) is 1. The standard InChI is InChI=1S/C14H17F3N2O2/c1-8(6-9-2-3-9)19-13(20)10-4-5-12(11(18)7-10)21-14(15,16)17/h4-5,7-9H,2-3,6,18H2,1H3,(H,19,20). The molecule has 0 aromatic heterocycles. The molecule has 1 amide bonds. The molecule has 1 aliphatic carbocycles. The molecule has 1 atom stereocenters. The highest BCUT2D eigenvalue weighted by Gasteiger charge is 2.32. The first-order valence-corrected chi connectivity index (χ1v) is 6.71. The van der Waals surface area contributed by atoms with Gasteiger partial charge in [-0.25, -0.2) is 0 Å². The summed E-state index contributed by atoms with van der Waals surface area (Å²) in [6.07, 6.45) is -1.51. The molecule has 0 radical (unpaired) electrons. The van der Waals surface area contributed by atoms with Crippen molar-refractivity contribution in [2.75, 3.05) is 5.73 Å². The summed E-state index contributed by atoms with van der Waals surface area (Å²) in [4.78, 5) is 12.0. The second-order valence-electron chi connectivity index (χ2n) is 5.35. The van der Waals surface area contributed by atoms with E-state index in [1.54, 1.807) is 0 Å². The summed E-state index contributed by atoms with van der Waals surface area (Å²) >= 11 is 0. The van der Waals surface area contributed by atoms with E-state index in [4.69, 9.17) is 5.73 Å². The first-order chi connectivity index (χ1) is 9.74. The predicted molar refractivity (Wildman–Crippen MR) is 71.8 cm³/mol. The molecule has 4 nitrogen and oxygen atoms in total. The third kappa shape index (κ3) is 4.84. The van der Waals surface area contributed by atoms with Crippen molar-refractivity contribution in [3.63, 3.8) is 0 Å². The lowest BCUT2D eigenvalue weighted by Crippen LogP contribution is -2.32. The summed E-state index contributed by atoms with van der Waals surface area (Å²) in [5.41, 5.74) is 5.47. The van der Waals surface area contributed by atoms with Crippen LogP contribution in [-0.4, -0.2) is 18.3 Å². The average Bonchev–Trinajstić information content (AvgIpc) is 3.13. The van der Waals surface area contributed by atoms with Crippen molar-refractivity contribution < 1.29 is 22.7 Å². The van der Waals surface area contributed by atoms with Gasteiger partial charge in [0, 0.05) is 11.6 Å². The molecule has 0 saturated heterocycles. The smallest absolute Gasteiger partial charge is 0.404 e. The zero-order valence-corrected chi connectivity index (χ0v) is 11.5. The maximum absolute atomic E-state index is 12.1. The van der Waals surface area contributed by atoms with Gasteiger partial charge < -0.3 is 15.8 Å². The van der Waals surface area contributed by atoms with Crippen LogP contribution in [-0.2, 0) is 0 Å². The first kappa shape index (κ1) is 15.5. The van der Waals surface area contributed by atoms with E-state index < -0.39 is 12.1 Å². The topological polar surface area (TPSA) is 64.3 Å². The number of nitrogens with one attached hydrogen (secondary N) is 1. The average molecular weight is 302 g/mol. The lowest BCUT2D eigenvalue weighted by Gasteiger charge is -2.15. The van der Waals surface area contributed by atoms with E-state index in [0.717, 1.165) is 12.5 Å². The number of carbonyl (C=O) groups is 1. The van der Waals surface area contributed by atoms with Crippen LogP contribution in [0.4, 0.5) is 18.9 Å². The van der Waals surface area contributed by atoms with Crippen LogP contribution in [0.1, 0.15) is 36.5 Å². The molecule has 1 fully saturated rings. The number of nitrogen functional groups attached to an aromatic ring is 1. The Labute approximate surface area is 120 Å². The summed E-state index contributed by atoms with van der Waals surface area (Å²) in [5, 5.41) is 2.80. The minimum atomic E-state index is -4.81. The molecule has 3 N–H and O–H groups in total. The van der Waals surface area contributed by atoms with Crippen LogP contribution in [0, 0.1) is 5.92 Å². The molecular weight excluding hydrogens is 285 g/mol. The number of hydrogen-bond donors (Lipinski definition) is 2. The molecule has 7 heteroatoms.